The highest BCUT2D eigenvalue weighted by Gasteiger charge is 2.01. The third-order valence-electron chi connectivity index (χ3n) is 4.72. The lowest BCUT2D eigenvalue weighted by atomic mass is 9.98. The molecular formula is C27H19N. The molecule has 0 spiro atoms. The Balaban J connectivity index is 1.68. The van der Waals surface area contributed by atoms with Crippen molar-refractivity contribution in [1.82, 2.24) is 0 Å². The second-order valence-corrected chi connectivity index (χ2v) is 6.57. The van der Waals surface area contributed by atoms with Gasteiger partial charge in [-0.3, -0.25) is 0 Å². The van der Waals surface area contributed by atoms with Crippen LogP contribution in [-0.2, 0) is 0 Å². The Morgan fingerprint density at radius 2 is 1.04 bits per heavy atom. The molecule has 0 aliphatic heterocycles. The highest BCUT2D eigenvalue weighted by Crippen LogP contribution is 2.26. The smallest absolute Gasteiger partial charge is 0.187 e. The van der Waals surface area contributed by atoms with Gasteiger partial charge in [-0.2, -0.15) is 0 Å². The van der Waals surface area contributed by atoms with Crippen LogP contribution in [-0.4, -0.2) is 0 Å². The Labute approximate surface area is 165 Å². The molecule has 0 radical (unpaired) electrons. The van der Waals surface area contributed by atoms with E-state index < -0.39 is 0 Å². The molecule has 0 N–H and O–H groups in total. The lowest BCUT2D eigenvalue weighted by Gasteiger charge is -2.06. The number of hydrogen-bond donors (Lipinski definition) is 0. The van der Waals surface area contributed by atoms with Crippen molar-refractivity contribution in [1.29, 1.82) is 0 Å². The summed E-state index contributed by atoms with van der Waals surface area (Å²) in [6, 6.07) is 30.8. The summed E-state index contributed by atoms with van der Waals surface area (Å²) in [5, 5.41) is 2.46. The van der Waals surface area contributed by atoms with E-state index in [-0.39, 0.29) is 0 Å². The fourth-order valence-corrected chi connectivity index (χ4v) is 3.25. The number of nitrogens with zero attached hydrogens (tertiary/aromatic N) is 1. The maximum atomic E-state index is 7.05. The lowest BCUT2D eigenvalue weighted by molar-refractivity contribution is 1.65. The molecular weight excluding hydrogens is 338 g/mol. The molecule has 132 valence electrons. The van der Waals surface area contributed by atoms with Gasteiger partial charge in [-0.05, 0) is 33.0 Å². The summed E-state index contributed by atoms with van der Waals surface area (Å²) < 4.78 is 0. The second-order valence-electron chi connectivity index (χ2n) is 6.57. The summed E-state index contributed by atoms with van der Waals surface area (Å²) in [6.07, 6.45) is 8.55. The Kier molecular flexibility index (Phi) is 5.13. The minimum atomic E-state index is 0.664. The molecule has 4 aromatic carbocycles. The first-order chi connectivity index (χ1) is 13.8. The van der Waals surface area contributed by atoms with Crippen LogP contribution in [0.3, 0.4) is 0 Å². The van der Waals surface area contributed by atoms with Crippen molar-refractivity contribution in [3.63, 3.8) is 0 Å². The van der Waals surface area contributed by atoms with Crippen LogP contribution in [0.15, 0.2) is 91.0 Å². The van der Waals surface area contributed by atoms with Gasteiger partial charge in [0.15, 0.2) is 5.69 Å². The van der Waals surface area contributed by atoms with Crippen LogP contribution in [0.2, 0.25) is 0 Å². The molecule has 0 amide bonds. The fraction of sp³-hybridized carbons (Fsp3) is 0. The molecule has 0 saturated heterocycles. The monoisotopic (exact) mass is 357 g/mol. The molecule has 0 aliphatic rings. The van der Waals surface area contributed by atoms with Gasteiger partial charge in [0.25, 0.3) is 0 Å². The number of hydrogen-bond acceptors (Lipinski definition) is 0. The van der Waals surface area contributed by atoms with Crippen LogP contribution < -0.4 is 0 Å². The van der Waals surface area contributed by atoms with Crippen molar-refractivity contribution >= 4 is 40.8 Å². The summed E-state index contributed by atoms with van der Waals surface area (Å²) in [4.78, 5) is 3.44. The molecule has 0 fully saturated rings. The molecule has 4 aromatic rings. The van der Waals surface area contributed by atoms with E-state index in [1.54, 1.807) is 0 Å². The molecule has 4 rings (SSSR count). The van der Waals surface area contributed by atoms with E-state index >= 15 is 0 Å². The Bertz CT molecular complexity index is 1190. The molecule has 0 aliphatic carbocycles. The van der Waals surface area contributed by atoms with Gasteiger partial charge in [0, 0.05) is 0 Å². The zero-order chi connectivity index (χ0) is 19.2. The van der Waals surface area contributed by atoms with E-state index in [1.165, 1.54) is 27.5 Å². The highest BCUT2D eigenvalue weighted by atomic mass is 14.6. The van der Waals surface area contributed by atoms with Crippen molar-refractivity contribution in [3.8, 4) is 0 Å². The van der Waals surface area contributed by atoms with Crippen LogP contribution in [0.1, 0.15) is 22.3 Å². The summed E-state index contributed by atoms with van der Waals surface area (Å²) in [5.41, 5.74) is 5.33. The minimum absolute atomic E-state index is 0.664. The number of rotatable bonds is 4. The third kappa shape index (κ3) is 3.92. The van der Waals surface area contributed by atoms with Crippen molar-refractivity contribution in [2.45, 2.75) is 0 Å². The Hall–Kier alpha value is -3.89. The Morgan fingerprint density at radius 3 is 1.57 bits per heavy atom. The predicted molar refractivity (Wildman–Crippen MR) is 121 cm³/mol. The fourth-order valence-electron chi connectivity index (χ4n) is 3.25. The summed E-state index contributed by atoms with van der Waals surface area (Å²) >= 11 is 0. The normalized spacial score (nSPS) is 11.2. The first kappa shape index (κ1) is 17.5. The number of fused-ring (bicyclic) bond motifs is 1. The van der Waals surface area contributed by atoms with E-state index in [2.05, 4.69) is 89.8 Å². The van der Waals surface area contributed by atoms with Gasteiger partial charge in [0.2, 0.25) is 0 Å². The van der Waals surface area contributed by atoms with Gasteiger partial charge < -0.3 is 0 Å². The van der Waals surface area contributed by atoms with E-state index in [1.807, 2.05) is 30.3 Å². The standard InChI is InChI=1S/C27H19N/c1-28-25-19-15-22(16-20-25)14-18-24-10-6-11-26-23(9-5-12-27(24)26)17-13-21-7-3-2-4-8-21/h2-20H. The van der Waals surface area contributed by atoms with Gasteiger partial charge >= 0.3 is 0 Å². The molecule has 0 aromatic heterocycles. The summed E-state index contributed by atoms with van der Waals surface area (Å²) in [6.45, 7) is 7.05. The average molecular weight is 357 g/mol. The van der Waals surface area contributed by atoms with Crippen molar-refractivity contribution in [2.75, 3.05) is 0 Å². The van der Waals surface area contributed by atoms with Crippen molar-refractivity contribution in [3.05, 3.63) is 125 Å². The maximum Gasteiger partial charge on any atom is 0.187 e. The Morgan fingerprint density at radius 1 is 0.500 bits per heavy atom. The zero-order valence-corrected chi connectivity index (χ0v) is 15.4. The number of benzene rings is 4. The lowest BCUT2D eigenvalue weighted by Crippen LogP contribution is -1.82. The average Bonchev–Trinajstić information content (AvgIpc) is 2.77. The van der Waals surface area contributed by atoms with Gasteiger partial charge in [-0.1, -0.05) is 115 Å². The highest BCUT2D eigenvalue weighted by molar-refractivity contribution is 5.98. The van der Waals surface area contributed by atoms with E-state index in [0.717, 1.165) is 5.56 Å². The molecule has 1 nitrogen and oxygen atoms in total. The van der Waals surface area contributed by atoms with Crippen molar-refractivity contribution < 1.29 is 0 Å². The van der Waals surface area contributed by atoms with Crippen LogP contribution in [0.25, 0.3) is 39.9 Å². The van der Waals surface area contributed by atoms with Crippen LogP contribution >= 0.6 is 0 Å². The molecule has 0 atom stereocenters. The predicted octanol–water partition coefficient (Wildman–Crippen LogP) is 7.73. The third-order valence-corrected chi connectivity index (χ3v) is 4.72. The first-order valence-electron chi connectivity index (χ1n) is 9.24. The SMILES string of the molecule is [C-]#[N+]c1ccc(C=Cc2cccc3c(C=Cc4ccccc4)cccc23)cc1. The van der Waals surface area contributed by atoms with Crippen LogP contribution in [0, 0.1) is 6.57 Å². The molecule has 0 unspecified atom stereocenters. The molecule has 0 heterocycles. The molecule has 1 heteroatoms. The topological polar surface area (TPSA) is 4.36 Å². The van der Waals surface area contributed by atoms with E-state index in [4.69, 9.17) is 6.57 Å². The van der Waals surface area contributed by atoms with Crippen LogP contribution in [0.4, 0.5) is 5.69 Å². The summed E-state index contributed by atoms with van der Waals surface area (Å²) in [5.74, 6) is 0. The van der Waals surface area contributed by atoms with E-state index in [9.17, 15) is 0 Å². The largest absolute Gasteiger partial charge is 0.238 e. The van der Waals surface area contributed by atoms with Crippen molar-refractivity contribution in [2.24, 2.45) is 0 Å². The van der Waals surface area contributed by atoms with Gasteiger partial charge in [-0.15, -0.1) is 0 Å². The van der Waals surface area contributed by atoms with Gasteiger partial charge in [0.05, 0.1) is 6.57 Å². The first-order valence-corrected chi connectivity index (χ1v) is 9.24. The van der Waals surface area contributed by atoms with Gasteiger partial charge in [0.1, 0.15) is 0 Å². The molecule has 0 bridgehead atoms. The molecule has 28 heavy (non-hydrogen) atoms. The van der Waals surface area contributed by atoms with Gasteiger partial charge in [-0.25, -0.2) is 4.85 Å². The second kappa shape index (κ2) is 8.20. The van der Waals surface area contributed by atoms with E-state index in [0.29, 0.717) is 5.69 Å². The maximum absolute atomic E-state index is 7.05. The minimum Gasteiger partial charge on any atom is -0.238 e. The molecule has 0 saturated carbocycles. The summed E-state index contributed by atoms with van der Waals surface area (Å²) in [7, 11) is 0. The quantitative estimate of drug-likeness (QED) is 0.260. The van der Waals surface area contributed by atoms with Crippen LogP contribution in [0.5, 0.6) is 0 Å². The zero-order valence-electron chi connectivity index (χ0n) is 15.4.